The average Bonchev–Trinajstić information content (AvgIpc) is 3.05. The van der Waals surface area contributed by atoms with Crippen molar-refractivity contribution in [1.82, 2.24) is 0 Å². The fourth-order valence-corrected chi connectivity index (χ4v) is 4.06. The topological polar surface area (TPSA) is 195 Å². The van der Waals surface area contributed by atoms with E-state index >= 15 is 0 Å². The molecule has 0 fully saturated rings. The van der Waals surface area contributed by atoms with Crippen LogP contribution >= 0.6 is 0 Å². The molecule has 0 bridgehead atoms. The molecule has 0 saturated heterocycles. The lowest BCUT2D eigenvalue weighted by Crippen LogP contribution is -2.28. The van der Waals surface area contributed by atoms with Gasteiger partial charge in [0.1, 0.15) is 36.2 Å². The van der Waals surface area contributed by atoms with Gasteiger partial charge in [-0.3, -0.25) is 5.26 Å². The maximum absolute atomic E-state index is 12.6. The highest BCUT2D eigenvalue weighted by Gasteiger charge is 2.22. The quantitative estimate of drug-likeness (QED) is 0.0485. The zero-order chi connectivity index (χ0) is 33.8. The minimum Gasteiger partial charge on any atom is -0.508 e. The van der Waals surface area contributed by atoms with Crippen LogP contribution in [0.4, 0.5) is 0 Å². The van der Waals surface area contributed by atoms with E-state index in [0.29, 0.717) is 41.6 Å². The van der Waals surface area contributed by atoms with Gasteiger partial charge in [-0.1, -0.05) is 24.9 Å². The van der Waals surface area contributed by atoms with Gasteiger partial charge < -0.3 is 34.2 Å². The Kier molecular flexibility index (Phi) is 11.9. The lowest BCUT2D eigenvalue weighted by atomic mass is 9.96. The molecule has 0 aliphatic carbocycles. The molecule has 0 atom stereocenters. The maximum atomic E-state index is 12.6. The van der Waals surface area contributed by atoms with Crippen LogP contribution in [-0.4, -0.2) is 40.6 Å². The molecule has 0 heterocycles. The number of phenols is 1. The third kappa shape index (κ3) is 10.3. The van der Waals surface area contributed by atoms with Crippen molar-refractivity contribution in [1.29, 1.82) is 0 Å². The molecule has 14 nitrogen and oxygen atoms in total. The molecule has 0 aromatic heterocycles. The van der Waals surface area contributed by atoms with Crippen LogP contribution in [0.2, 0.25) is 0 Å². The first kappa shape index (κ1) is 34.5. The Morgan fingerprint density at radius 2 is 1.30 bits per heavy atom. The van der Waals surface area contributed by atoms with Crippen LogP contribution in [-0.2, 0) is 28.0 Å². The Labute approximate surface area is 269 Å². The van der Waals surface area contributed by atoms with Crippen molar-refractivity contribution in [2.24, 2.45) is 11.3 Å². The summed E-state index contributed by atoms with van der Waals surface area (Å²) in [5.41, 5.74) is 0.303. The average molecular weight is 652 g/mol. The van der Waals surface area contributed by atoms with Crippen molar-refractivity contribution in [3.8, 4) is 34.5 Å². The summed E-state index contributed by atoms with van der Waals surface area (Å²) in [7, 11) is 0. The van der Waals surface area contributed by atoms with Crippen molar-refractivity contribution in [2.45, 2.75) is 27.1 Å². The first-order valence-corrected chi connectivity index (χ1v) is 14.0. The summed E-state index contributed by atoms with van der Waals surface area (Å²) in [5.74, 6) is 4.40. The Morgan fingerprint density at radius 1 is 0.702 bits per heavy atom. The molecule has 4 aromatic rings. The summed E-state index contributed by atoms with van der Waals surface area (Å²) in [6.45, 7) is 4.55. The molecule has 5 N–H and O–H groups in total. The first-order valence-electron chi connectivity index (χ1n) is 14.0. The maximum Gasteiger partial charge on any atom is 0.344 e. The molecule has 0 unspecified atom stereocenters. The second-order valence-electron chi connectivity index (χ2n) is 10.8. The van der Waals surface area contributed by atoms with Gasteiger partial charge in [0.05, 0.1) is 24.3 Å². The second-order valence-corrected chi connectivity index (χ2v) is 10.8. The van der Waals surface area contributed by atoms with Crippen molar-refractivity contribution >= 4 is 11.9 Å². The van der Waals surface area contributed by atoms with Crippen LogP contribution < -0.4 is 29.9 Å². The number of hydrogen-bond donors (Lipinski definition) is 4. The van der Waals surface area contributed by atoms with E-state index in [1.165, 1.54) is 36.4 Å². The predicted octanol–water partition coefficient (Wildman–Crippen LogP) is 5.48. The van der Waals surface area contributed by atoms with Crippen molar-refractivity contribution < 1.29 is 63.8 Å². The highest BCUT2D eigenvalue weighted by molar-refractivity contribution is 6.03. The molecule has 0 spiro atoms. The summed E-state index contributed by atoms with van der Waals surface area (Å²) in [5, 5.41) is 27.8. The van der Waals surface area contributed by atoms with Crippen LogP contribution in [0.3, 0.4) is 0 Å². The Hall–Kier alpha value is -5.38. The zero-order valence-electron chi connectivity index (χ0n) is 25.4. The number of carbonyl (C=O) groups excluding carboxylic acids is 1. The number of carbonyl (C=O) groups is 2. The van der Waals surface area contributed by atoms with Gasteiger partial charge in [0.15, 0.2) is 11.5 Å². The summed E-state index contributed by atoms with van der Waals surface area (Å²) < 4.78 is 17.2. The minimum atomic E-state index is -1.36. The highest BCUT2D eigenvalue weighted by Crippen LogP contribution is 2.26. The van der Waals surface area contributed by atoms with E-state index in [2.05, 4.69) is 14.8 Å². The van der Waals surface area contributed by atoms with Crippen molar-refractivity contribution in [3.63, 3.8) is 0 Å². The third-order valence-electron chi connectivity index (χ3n) is 6.48. The molecule has 248 valence electrons. The summed E-state index contributed by atoms with van der Waals surface area (Å²) >= 11 is 0. The molecule has 4 rings (SSSR count). The standard InChI is InChI=1S/C33H33NO13/c1-33(2,20-41-25-7-11-27(12-8-25)45-43-18-21-3-4-23(35)15-22(21)17-42-39)19-40-24-5-9-26(10-6-24)44-32(38)29-14-13-28(46-47-34)16-30(29)31(36)37/h3-16,35,39H,17-20,34H2,1-2H3,(H,36,37). The van der Waals surface area contributed by atoms with Gasteiger partial charge in [-0.2, -0.15) is 10.8 Å². The largest absolute Gasteiger partial charge is 0.508 e. The first-order chi connectivity index (χ1) is 22.6. The van der Waals surface area contributed by atoms with Gasteiger partial charge in [-0.25, -0.2) is 14.5 Å². The number of benzene rings is 4. The molecule has 47 heavy (non-hydrogen) atoms. The number of hydrogen-bond acceptors (Lipinski definition) is 13. The van der Waals surface area contributed by atoms with Crippen LogP contribution in [0.5, 0.6) is 34.5 Å². The van der Waals surface area contributed by atoms with Crippen LogP contribution in [0.25, 0.3) is 0 Å². The summed E-state index contributed by atoms with van der Waals surface area (Å²) in [4.78, 5) is 47.7. The lowest BCUT2D eigenvalue weighted by Gasteiger charge is -2.25. The van der Waals surface area contributed by atoms with E-state index in [0.717, 1.165) is 6.07 Å². The molecule has 0 amide bonds. The number of rotatable bonds is 17. The number of ether oxygens (including phenoxy) is 3. The number of esters is 1. The summed E-state index contributed by atoms with van der Waals surface area (Å²) in [6, 6.07) is 21.4. The van der Waals surface area contributed by atoms with E-state index < -0.39 is 11.9 Å². The number of nitrogens with two attached hydrogens (primary N) is 1. The predicted molar refractivity (Wildman–Crippen MR) is 163 cm³/mol. The minimum absolute atomic E-state index is 0.000263. The Morgan fingerprint density at radius 3 is 1.89 bits per heavy atom. The molecular formula is C33H33NO13. The number of phenolic OH excluding ortho intramolecular Hbond substituents is 1. The highest BCUT2D eigenvalue weighted by atomic mass is 17.3. The SMILES string of the molecule is CC(C)(COc1ccc(OOCc2ccc(O)cc2COO)cc1)COc1ccc(OC(=O)c2ccc(OON)cc2C(=O)O)cc1. The smallest absolute Gasteiger partial charge is 0.344 e. The zero-order valence-corrected chi connectivity index (χ0v) is 25.4. The van der Waals surface area contributed by atoms with Gasteiger partial charge in [0, 0.05) is 5.41 Å². The van der Waals surface area contributed by atoms with E-state index in [1.807, 2.05) is 13.8 Å². The number of aromatic hydroxyl groups is 1. The van der Waals surface area contributed by atoms with E-state index in [-0.39, 0.29) is 47.0 Å². The number of carboxylic acid groups (broad SMARTS) is 1. The third-order valence-corrected chi connectivity index (χ3v) is 6.48. The Balaban J connectivity index is 1.22. The second kappa shape index (κ2) is 16.3. The van der Waals surface area contributed by atoms with Gasteiger partial charge in [0.2, 0.25) is 0 Å². The van der Waals surface area contributed by atoms with Gasteiger partial charge >= 0.3 is 11.9 Å². The van der Waals surface area contributed by atoms with E-state index in [9.17, 15) is 19.8 Å². The van der Waals surface area contributed by atoms with Gasteiger partial charge in [-0.15, -0.1) is 0 Å². The normalized spacial score (nSPS) is 11.1. The van der Waals surface area contributed by atoms with Gasteiger partial charge in [-0.05, 0) is 90.0 Å². The fourth-order valence-electron chi connectivity index (χ4n) is 4.06. The summed E-state index contributed by atoms with van der Waals surface area (Å²) in [6.07, 6.45) is 0. The lowest BCUT2D eigenvalue weighted by molar-refractivity contribution is -0.253. The van der Waals surface area contributed by atoms with Crippen LogP contribution in [0, 0.1) is 5.41 Å². The van der Waals surface area contributed by atoms with Crippen LogP contribution in [0.1, 0.15) is 45.7 Å². The molecule has 14 heteroatoms. The molecule has 0 saturated carbocycles. The van der Waals surface area contributed by atoms with E-state index in [4.69, 9.17) is 35.1 Å². The van der Waals surface area contributed by atoms with Gasteiger partial charge in [0.25, 0.3) is 0 Å². The van der Waals surface area contributed by atoms with Crippen molar-refractivity contribution in [3.05, 3.63) is 107 Å². The number of carboxylic acids is 1. The molecular weight excluding hydrogens is 618 g/mol. The molecule has 0 radical (unpaired) electrons. The van der Waals surface area contributed by atoms with Crippen LogP contribution in [0.15, 0.2) is 84.9 Å². The Bertz CT molecular complexity index is 1640. The fraction of sp³-hybridized carbons (Fsp3) is 0.212. The monoisotopic (exact) mass is 651 g/mol. The molecule has 4 aromatic carbocycles. The molecule has 0 aliphatic heterocycles. The van der Waals surface area contributed by atoms with Crippen molar-refractivity contribution in [2.75, 3.05) is 13.2 Å². The number of aromatic carboxylic acids is 1. The molecule has 0 aliphatic rings. The van der Waals surface area contributed by atoms with E-state index in [1.54, 1.807) is 42.5 Å².